The minimum absolute atomic E-state index is 0.0723. The van der Waals surface area contributed by atoms with Crippen molar-refractivity contribution in [3.05, 3.63) is 68.5 Å². The Morgan fingerprint density at radius 1 is 1.17 bits per heavy atom. The molecule has 1 N–H and O–H groups in total. The molecule has 4 nitrogen and oxygen atoms in total. The number of nitrogens with one attached hydrogen (secondary N) is 1. The van der Waals surface area contributed by atoms with E-state index in [4.69, 9.17) is 0 Å². The third-order valence-corrected chi connectivity index (χ3v) is 3.98. The number of aromatic amines is 1. The molecule has 1 aromatic heterocycles. The molecule has 0 saturated heterocycles. The fourth-order valence-corrected chi connectivity index (χ4v) is 2.87. The quantitative estimate of drug-likeness (QED) is 0.747. The molecular formula is C16H11BrF2N2O2. The first kappa shape index (κ1) is 15.6. The first-order valence-electron chi connectivity index (χ1n) is 6.74. The summed E-state index contributed by atoms with van der Waals surface area (Å²) in [7, 11) is 0. The molecule has 0 aliphatic rings. The molecule has 0 fully saturated rings. The van der Waals surface area contributed by atoms with E-state index in [2.05, 4.69) is 30.9 Å². The number of halogens is 3. The van der Waals surface area contributed by atoms with Crippen LogP contribution < -0.4 is 10.3 Å². The van der Waals surface area contributed by atoms with Gasteiger partial charge >= 0.3 is 6.61 Å². The van der Waals surface area contributed by atoms with E-state index in [-0.39, 0.29) is 11.3 Å². The van der Waals surface area contributed by atoms with Crippen molar-refractivity contribution in [1.82, 2.24) is 10.2 Å². The summed E-state index contributed by atoms with van der Waals surface area (Å²) in [6.45, 7) is -2.87. The van der Waals surface area contributed by atoms with E-state index in [1.807, 2.05) is 12.1 Å². The van der Waals surface area contributed by atoms with Gasteiger partial charge in [-0.1, -0.05) is 24.3 Å². The third-order valence-electron chi connectivity index (χ3n) is 3.36. The Balaban J connectivity index is 1.95. The number of hydrogen-bond acceptors (Lipinski definition) is 3. The van der Waals surface area contributed by atoms with Gasteiger partial charge in [-0.25, -0.2) is 5.10 Å². The molecule has 0 amide bonds. The van der Waals surface area contributed by atoms with Crippen molar-refractivity contribution in [2.45, 2.75) is 13.0 Å². The van der Waals surface area contributed by atoms with E-state index >= 15 is 0 Å². The van der Waals surface area contributed by atoms with Crippen LogP contribution in [0.1, 0.15) is 11.3 Å². The number of alkyl halides is 2. The molecule has 0 spiro atoms. The van der Waals surface area contributed by atoms with E-state index in [1.54, 1.807) is 24.3 Å². The van der Waals surface area contributed by atoms with Crippen LogP contribution in [-0.4, -0.2) is 16.8 Å². The SMILES string of the molecule is O=c1[nH]nc(Cc2ccc(OC(F)F)c(Br)c2)c2ccccc12. The van der Waals surface area contributed by atoms with Gasteiger partial charge in [-0.3, -0.25) is 4.79 Å². The lowest BCUT2D eigenvalue weighted by Crippen LogP contribution is -2.11. The summed E-state index contributed by atoms with van der Waals surface area (Å²) in [6, 6.07) is 12.0. The zero-order valence-electron chi connectivity index (χ0n) is 11.7. The molecule has 0 saturated carbocycles. The summed E-state index contributed by atoms with van der Waals surface area (Å²) >= 11 is 3.21. The topological polar surface area (TPSA) is 55.0 Å². The van der Waals surface area contributed by atoms with Gasteiger partial charge in [0.1, 0.15) is 5.75 Å². The molecule has 118 valence electrons. The van der Waals surface area contributed by atoms with Crippen LogP contribution in [0.25, 0.3) is 10.8 Å². The van der Waals surface area contributed by atoms with Gasteiger partial charge in [-0.2, -0.15) is 13.9 Å². The van der Waals surface area contributed by atoms with Gasteiger partial charge in [0.15, 0.2) is 0 Å². The van der Waals surface area contributed by atoms with E-state index in [1.165, 1.54) is 6.07 Å². The van der Waals surface area contributed by atoms with Gasteiger partial charge in [-0.15, -0.1) is 0 Å². The molecule has 0 radical (unpaired) electrons. The summed E-state index contributed by atoms with van der Waals surface area (Å²) in [5.74, 6) is 0.0723. The van der Waals surface area contributed by atoms with E-state index in [0.717, 1.165) is 10.9 Å². The Kier molecular flexibility index (Phi) is 4.38. The fourth-order valence-electron chi connectivity index (χ4n) is 2.35. The van der Waals surface area contributed by atoms with Gasteiger partial charge in [0, 0.05) is 11.8 Å². The van der Waals surface area contributed by atoms with Crippen LogP contribution in [-0.2, 0) is 6.42 Å². The molecule has 7 heteroatoms. The highest BCUT2D eigenvalue weighted by Crippen LogP contribution is 2.28. The van der Waals surface area contributed by atoms with Crippen LogP contribution in [0.4, 0.5) is 8.78 Å². The zero-order valence-corrected chi connectivity index (χ0v) is 13.3. The lowest BCUT2D eigenvalue weighted by molar-refractivity contribution is -0.0503. The van der Waals surface area contributed by atoms with Gasteiger partial charge < -0.3 is 4.74 Å². The Morgan fingerprint density at radius 2 is 1.91 bits per heavy atom. The average molecular weight is 381 g/mol. The van der Waals surface area contributed by atoms with E-state index < -0.39 is 6.61 Å². The molecule has 0 atom stereocenters. The standard InChI is InChI=1S/C16H11BrF2N2O2/c17-12-7-9(5-6-14(12)23-16(18)19)8-13-10-3-1-2-4-11(10)15(22)21-20-13/h1-7,16H,8H2,(H,21,22). The first-order chi connectivity index (χ1) is 11.0. The Morgan fingerprint density at radius 3 is 2.61 bits per heavy atom. The maximum atomic E-state index is 12.3. The van der Waals surface area contributed by atoms with Gasteiger partial charge in [0.2, 0.25) is 0 Å². The lowest BCUT2D eigenvalue weighted by Gasteiger charge is -2.09. The molecule has 1 heterocycles. The number of aromatic nitrogens is 2. The number of ether oxygens (including phenoxy) is 1. The highest BCUT2D eigenvalue weighted by molar-refractivity contribution is 9.10. The van der Waals surface area contributed by atoms with Crippen molar-refractivity contribution >= 4 is 26.7 Å². The van der Waals surface area contributed by atoms with E-state index in [0.29, 0.717) is 22.0 Å². The van der Waals surface area contributed by atoms with Crippen LogP contribution in [0.15, 0.2) is 51.7 Å². The third kappa shape index (κ3) is 3.39. The van der Waals surface area contributed by atoms with Crippen LogP contribution in [0.3, 0.4) is 0 Å². The molecule has 3 aromatic rings. The molecule has 0 bridgehead atoms. The van der Waals surface area contributed by atoms with Crippen molar-refractivity contribution in [3.63, 3.8) is 0 Å². The average Bonchev–Trinajstić information content (AvgIpc) is 2.53. The minimum Gasteiger partial charge on any atom is -0.434 e. The summed E-state index contributed by atoms with van der Waals surface area (Å²) in [4.78, 5) is 11.8. The van der Waals surface area contributed by atoms with Crippen molar-refractivity contribution in [2.24, 2.45) is 0 Å². The van der Waals surface area contributed by atoms with Crippen molar-refractivity contribution in [3.8, 4) is 5.75 Å². The molecule has 0 unspecified atom stereocenters. The molecule has 0 aliphatic heterocycles. The molecule has 3 rings (SSSR count). The van der Waals surface area contributed by atoms with Gasteiger partial charge in [-0.05, 0) is 39.7 Å². The number of nitrogens with zero attached hydrogens (tertiary/aromatic N) is 1. The lowest BCUT2D eigenvalue weighted by atomic mass is 10.0. The molecular weight excluding hydrogens is 370 g/mol. The second-order valence-electron chi connectivity index (χ2n) is 4.87. The monoisotopic (exact) mass is 380 g/mol. The van der Waals surface area contributed by atoms with Crippen LogP contribution in [0.5, 0.6) is 5.75 Å². The maximum absolute atomic E-state index is 12.3. The summed E-state index contributed by atoms with van der Waals surface area (Å²) in [6.07, 6.45) is 0.449. The van der Waals surface area contributed by atoms with Crippen molar-refractivity contribution in [2.75, 3.05) is 0 Å². The number of benzene rings is 2. The summed E-state index contributed by atoms with van der Waals surface area (Å²) in [5, 5.41) is 7.90. The summed E-state index contributed by atoms with van der Waals surface area (Å²) < 4.78 is 29.4. The Hall–Kier alpha value is -2.28. The zero-order chi connectivity index (χ0) is 16.4. The van der Waals surface area contributed by atoms with Gasteiger partial charge in [0.05, 0.1) is 15.6 Å². The predicted molar refractivity (Wildman–Crippen MR) is 85.9 cm³/mol. The van der Waals surface area contributed by atoms with Crippen molar-refractivity contribution < 1.29 is 13.5 Å². The van der Waals surface area contributed by atoms with E-state index in [9.17, 15) is 13.6 Å². The maximum Gasteiger partial charge on any atom is 0.387 e. The predicted octanol–water partition coefficient (Wildman–Crippen LogP) is 3.88. The molecule has 0 aliphatic carbocycles. The van der Waals surface area contributed by atoms with Crippen LogP contribution >= 0.6 is 15.9 Å². The van der Waals surface area contributed by atoms with Crippen LogP contribution in [0, 0.1) is 0 Å². The Labute approximate surface area is 138 Å². The number of H-pyrrole nitrogens is 1. The first-order valence-corrected chi connectivity index (χ1v) is 7.53. The second-order valence-corrected chi connectivity index (χ2v) is 5.72. The largest absolute Gasteiger partial charge is 0.434 e. The number of fused-ring (bicyclic) bond motifs is 1. The highest BCUT2D eigenvalue weighted by Gasteiger charge is 2.11. The number of hydrogen-bond donors (Lipinski definition) is 1. The second kappa shape index (κ2) is 6.45. The highest BCUT2D eigenvalue weighted by atomic mass is 79.9. The van der Waals surface area contributed by atoms with Gasteiger partial charge in [0.25, 0.3) is 5.56 Å². The molecule has 23 heavy (non-hydrogen) atoms. The summed E-state index contributed by atoms with van der Waals surface area (Å²) in [5.41, 5.74) is 1.31. The normalized spacial score (nSPS) is 11.1. The van der Waals surface area contributed by atoms with Crippen LogP contribution in [0.2, 0.25) is 0 Å². The Bertz CT molecular complexity index is 912. The molecule has 2 aromatic carbocycles. The number of rotatable bonds is 4. The van der Waals surface area contributed by atoms with Crippen molar-refractivity contribution in [1.29, 1.82) is 0 Å². The minimum atomic E-state index is -2.87. The fraction of sp³-hybridized carbons (Fsp3) is 0.125. The smallest absolute Gasteiger partial charge is 0.387 e.